The SMILES string of the molecule is CCOc1ccc(N2C(=O)C(=O)/C(=C(\O)c3ccccc3OC)C2c2ccc(C)o2)cc1. The maximum absolute atomic E-state index is 13.1. The van der Waals surface area contributed by atoms with Crippen molar-refractivity contribution in [1.29, 1.82) is 0 Å². The normalized spacial score (nSPS) is 17.6. The Hall–Kier alpha value is -4.00. The van der Waals surface area contributed by atoms with E-state index >= 15 is 0 Å². The summed E-state index contributed by atoms with van der Waals surface area (Å²) in [5.41, 5.74) is 0.726. The minimum absolute atomic E-state index is 0.0669. The van der Waals surface area contributed by atoms with Crippen LogP contribution in [0.15, 0.2) is 70.7 Å². The van der Waals surface area contributed by atoms with Crippen LogP contribution in [-0.4, -0.2) is 30.5 Å². The van der Waals surface area contributed by atoms with Crippen LogP contribution in [0.2, 0.25) is 0 Å². The van der Waals surface area contributed by atoms with Crippen LogP contribution in [0.25, 0.3) is 5.76 Å². The van der Waals surface area contributed by atoms with Crippen molar-refractivity contribution in [2.45, 2.75) is 19.9 Å². The van der Waals surface area contributed by atoms with E-state index in [0.717, 1.165) is 0 Å². The number of hydrogen-bond donors (Lipinski definition) is 1. The molecule has 0 saturated carbocycles. The first-order valence-corrected chi connectivity index (χ1v) is 10.2. The molecule has 4 rings (SSSR count). The van der Waals surface area contributed by atoms with E-state index in [9.17, 15) is 14.7 Å². The number of hydrogen-bond acceptors (Lipinski definition) is 6. The summed E-state index contributed by atoms with van der Waals surface area (Å²) in [7, 11) is 1.47. The third kappa shape index (κ3) is 3.62. The summed E-state index contributed by atoms with van der Waals surface area (Å²) in [5.74, 6) is 0.125. The van der Waals surface area contributed by atoms with Crippen molar-refractivity contribution >= 4 is 23.1 Å². The molecule has 1 aromatic heterocycles. The summed E-state index contributed by atoms with van der Waals surface area (Å²) in [4.78, 5) is 27.6. The van der Waals surface area contributed by atoms with Crippen molar-refractivity contribution < 1.29 is 28.6 Å². The molecule has 1 aliphatic heterocycles. The molecule has 1 atom stereocenters. The maximum atomic E-state index is 13.1. The summed E-state index contributed by atoms with van der Waals surface area (Å²) in [6, 6.07) is 16.1. The number of carbonyl (C=O) groups excluding carboxylic acids is 2. The molecule has 2 heterocycles. The fraction of sp³-hybridized carbons (Fsp3) is 0.200. The molecule has 2 aromatic carbocycles. The summed E-state index contributed by atoms with van der Waals surface area (Å²) < 4.78 is 16.6. The minimum atomic E-state index is -0.938. The summed E-state index contributed by atoms with van der Waals surface area (Å²) in [6.45, 7) is 4.16. The second kappa shape index (κ2) is 8.63. The Morgan fingerprint density at radius 3 is 2.41 bits per heavy atom. The number of benzene rings is 2. The Morgan fingerprint density at radius 1 is 1.06 bits per heavy atom. The Bertz CT molecular complexity index is 1190. The molecule has 1 aliphatic rings. The zero-order valence-electron chi connectivity index (χ0n) is 18.0. The van der Waals surface area contributed by atoms with E-state index in [-0.39, 0.29) is 11.3 Å². The van der Waals surface area contributed by atoms with Gasteiger partial charge in [0.15, 0.2) is 0 Å². The number of carbonyl (C=O) groups is 2. The first-order chi connectivity index (χ1) is 15.5. The van der Waals surface area contributed by atoms with Gasteiger partial charge in [0.05, 0.1) is 24.9 Å². The van der Waals surface area contributed by atoms with E-state index in [0.29, 0.717) is 40.9 Å². The number of ketones is 1. The second-order valence-corrected chi connectivity index (χ2v) is 7.24. The number of aliphatic hydroxyl groups is 1. The molecule has 7 nitrogen and oxygen atoms in total. The Morgan fingerprint density at radius 2 is 1.78 bits per heavy atom. The highest BCUT2D eigenvalue weighted by Gasteiger charge is 2.48. The third-order valence-electron chi connectivity index (χ3n) is 5.26. The highest BCUT2D eigenvalue weighted by Crippen LogP contribution is 2.43. The molecule has 3 aromatic rings. The number of aryl methyl sites for hydroxylation is 1. The van der Waals surface area contributed by atoms with Gasteiger partial charge in [-0.15, -0.1) is 0 Å². The number of rotatable bonds is 6. The largest absolute Gasteiger partial charge is 0.507 e. The number of para-hydroxylation sites is 1. The van der Waals surface area contributed by atoms with Crippen LogP contribution < -0.4 is 14.4 Å². The Kier molecular flexibility index (Phi) is 5.73. The molecule has 1 unspecified atom stereocenters. The third-order valence-corrected chi connectivity index (χ3v) is 5.26. The number of nitrogens with zero attached hydrogens (tertiary/aromatic N) is 1. The van der Waals surface area contributed by atoms with Crippen molar-refractivity contribution in [3.8, 4) is 11.5 Å². The van der Waals surface area contributed by atoms with Gasteiger partial charge < -0.3 is 19.0 Å². The van der Waals surface area contributed by atoms with E-state index in [1.54, 1.807) is 67.6 Å². The van der Waals surface area contributed by atoms with Crippen LogP contribution in [0, 0.1) is 6.92 Å². The Balaban J connectivity index is 1.90. The second-order valence-electron chi connectivity index (χ2n) is 7.24. The highest BCUT2D eigenvalue weighted by atomic mass is 16.5. The molecule has 0 radical (unpaired) electrons. The van der Waals surface area contributed by atoms with Crippen molar-refractivity contribution in [2.24, 2.45) is 0 Å². The molecule has 1 saturated heterocycles. The number of ether oxygens (including phenoxy) is 2. The number of furan rings is 1. The van der Waals surface area contributed by atoms with E-state index in [4.69, 9.17) is 13.9 Å². The van der Waals surface area contributed by atoms with Crippen molar-refractivity contribution in [2.75, 3.05) is 18.6 Å². The molecular formula is C25H23NO6. The number of amides is 1. The average molecular weight is 433 g/mol. The molecule has 164 valence electrons. The van der Waals surface area contributed by atoms with Crippen LogP contribution in [0.3, 0.4) is 0 Å². The number of anilines is 1. The molecule has 1 amide bonds. The highest BCUT2D eigenvalue weighted by molar-refractivity contribution is 6.51. The van der Waals surface area contributed by atoms with Crippen LogP contribution in [0.1, 0.15) is 30.0 Å². The Labute approximate surface area is 185 Å². The molecule has 32 heavy (non-hydrogen) atoms. The van der Waals surface area contributed by atoms with E-state index in [1.807, 2.05) is 6.92 Å². The van der Waals surface area contributed by atoms with Gasteiger partial charge >= 0.3 is 0 Å². The zero-order chi connectivity index (χ0) is 22.8. The lowest BCUT2D eigenvalue weighted by Gasteiger charge is -2.23. The standard InChI is InChI=1S/C25H23NO6/c1-4-31-17-12-10-16(11-13-17)26-22(20-14-9-15(2)32-20)21(24(28)25(26)29)23(27)18-7-5-6-8-19(18)30-3/h5-14,22,27H,4H2,1-3H3/b23-21-. The molecule has 7 heteroatoms. The first kappa shape index (κ1) is 21.2. The lowest BCUT2D eigenvalue weighted by molar-refractivity contribution is -0.132. The van der Waals surface area contributed by atoms with Gasteiger partial charge in [-0.3, -0.25) is 14.5 Å². The molecule has 0 spiro atoms. The van der Waals surface area contributed by atoms with Gasteiger partial charge in [0.1, 0.15) is 34.8 Å². The van der Waals surface area contributed by atoms with Gasteiger partial charge in [-0.05, 0) is 62.4 Å². The summed E-state index contributed by atoms with van der Waals surface area (Å²) in [6.07, 6.45) is 0. The molecular weight excluding hydrogens is 410 g/mol. The average Bonchev–Trinajstić information content (AvgIpc) is 3.35. The number of methoxy groups -OCH3 is 1. The smallest absolute Gasteiger partial charge is 0.300 e. The van der Waals surface area contributed by atoms with Crippen LogP contribution in [-0.2, 0) is 9.59 Å². The van der Waals surface area contributed by atoms with Crippen molar-refractivity contribution in [1.82, 2.24) is 0 Å². The quantitative estimate of drug-likeness (QED) is 0.347. The van der Waals surface area contributed by atoms with E-state index < -0.39 is 17.7 Å². The van der Waals surface area contributed by atoms with Gasteiger partial charge in [0, 0.05) is 5.69 Å². The molecule has 0 bridgehead atoms. The van der Waals surface area contributed by atoms with Gasteiger partial charge in [-0.25, -0.2) is 0 Å². The molecule has 1 fully saturated rings. The molecule has 1 N–H and O–H groups in total. The number of Topliss-reactive ketones (excluding diaryl/α,β-unsaturated/α-hetero) is 1. The van der Waals surface area contributed by atoms with E-state index in [2.05, 4.69) is 0 Å². The van der Waals surface area contributed by atoms with Gasteiger partial charge in [-0.1, -0.05) is 12.1 Å². The lowest BCUT2D eigenvalue weighted by Crippen LogP contribution is -2.29. The van der Waals surface area contributed by atoms with Gasteiger partial charge in [-0.2, -0.15) is 0 Å². The summed E-state index contributed by atoms with van der Waals surface area (Å²) >= 11 is 0. The van der Waals surface area contributed by atoms with Crippen LogP contribution in [0.5, 0.6) is 11.5 Å². The topological polar surface area (TPSA) is 89.2 Å². The van der Waals surface area contributed by atoms with Crippen LogP contribution in [0.4, 0.5) is 5.69 Å². The fourth-order valence-corrected chi connectivity index (χ4v) is 3.82. The fourth-order valence-electron chi connectivity index (χ4n) is 3.82. The predicted octanol–water partition coefficient (Wildman–Crippen LogP) is 4.62. The minimum Gasteiger partial charge on any atom is -0.507 e. The van der Waals surface area contributed by atoms with E-state index in [1.165, 1.54) is 12.0 Å². The zero-order valence-corrected chi connectivity index (χ0v) is 18.0. The van der Waals surface area contributed by atoms with Gasteiger partial charge in [0.25, 0.3) is 11.7 Å². The van der Waals surface area contributed by atoms with Crippen molar-refractivity contribution in [3.05, 3.63) is 83.3 Å². The summed E-state index contributed by atoms with van der Waals surface area (Å²) in [5, 5.41) is 11.2. The predicted molar refractivity (Wildman–Crippen MR) is 119 cm³/mol. The van der Waals surface area contributed by atoms with Gasteiger partial charge in [0.2, 0.25) is 0 Å². The maximum Gasteiger partial charge on any atom is 0.300 e. The lowest BCUT2D eigenvalue weighted by atomic mass is 9.98. The monoisotopic (exact) mass is 433 g/mol. The van der Waals surface area contributed by atoms with Crippen LogP contribution >= 0.6 is 0 Å². The first-order valence-electron chi connectivity index (χ1n) is 10.2. The molecule has 0 aliphatic carbocycles. The number of aliphatic hydroxyl groups excluding tert-OH is 1. The van der Waals surface area contributed by atoms with Crippen molar-refractivity contribution in [3.63, 3.8) is 0 Å².